The zero-order valence-electron chi connectivity index (χ0n) is 38.5. The number of esters is 1. The van der Waals surface area contributed by atoms with Crippen molar-refractivity contribution in [2.24, 2.45) is 23.7 Å². The second-order valence-corrected chi connectivity index (χ2v) is 18.0. The first kappa shape index (κ1) is 49.8. The summed E-state index contributed by atoms with van der Waals surface area (Å²) >= 11 is 0. The number of rotatable bonds is 13. The van der Waals surface area contributed by atoms with Gasteiger partial charge in [-0.1, -0.05) is 55.8 Å². The smallest absolute Gasteiger partial charge is 0.308 e. The van der Waals surface area contributed by atoms with Crippen LogP contribution in [0.4, 0.5) is 5.69 Å². The van der Waals surface area contributed by atoms with E-state index in [1.165, 1.54) is 14.2 Å². The Hall–Kier alpha value is -3.66. The van der Waals surface area contributed by atoms with E-state index in [1.807, 2.05) is 70.2 Å². The van der Waals surface area contributed by atoms with Crippen LogP contribution in [-0.4, -0.2) is 162 Å². The van der Waals surface area contributed by atoms with Gasteiger partial charge in [0.1, 0.15) is 42.3 Å². The van der Waals surface area contributed by atoms with Gasteiger partial charge in [-0.05, 0) is 71.3 Å². The van der Waals surface area contributed by atoms with Crippen LogP contribution in [0.1, 0.15) is 60.3 Å². The third kappa shape index (κ3) is 12.0. The Bertz CT molecular complexity index is 1910. The molecule has 0 aliphatic carbocycles. The number of methoxy groups -OCH3 is 2. The van der Waals surface area contributed by atoms with Crippen molar-refractivity contribution in [3.8, 4) is 11.3 Å². The Balaban J connectivity index is 1.29. The molecular weight excluding hydrogens is 831 g/mol. The van der Waals surface area contributed by atoms with Crippen molar-refractivity contribution >= 4 is 17.4 Å². The molecule has 18 heteroatoms. The molecule has 4 aliphatic heterocycles. The number of ketones is 1. The van der Waals surface area contributed by atoms with E-state index in [0.29, 0.717) is 37.2 Å². The number of benzene rings is 1. The fourth-order valence-electron chi connectivity index (χ4n) is 9.23. The molecule has 4 aliphatic rings. The average molecular weight is 900 g/mol. The lowest BCUT2D eigenvalue weighted by molar-refractivity contribution is -0.304. The molecule has 64 heavy (non-hydrogen) atoms. The molecule has 0 amide bonds. The summed E-state index contributed by atoms with van der Waals surface area (Å²) in [4.78, 5) is 29.8. The number of epoxide rings is 1. The maximum atomic E-state index is 14.0. The van der Waals surface area contributed by atoms with Crippen LogP contribution in [0.2, 0.25) is 0 Å². The summed E-state index contributed by atoms with van der Waals surface area (Å²) in [5, 5.41) is 43.0. The van der Waals surface area contributed by atoms with E-state index in [-0.39, 0.29) is 24.9 Å². The molecular formula is C46H69N5O13. The molecule has 5 heterocycles. The van der Waals surface area contributed by atoms with Gasteiger partial charge in [0.25, 0.3) is 0 Å². The zero-order chi connectivity index (χ0) is 46.4. The van der Waals surface area contributed by atoms with Crippen molar-refractivity contribution < 1.29 is 62.8 Å². The van der Waals surface area contributed by atoms with Crippen molar-refractivity contribution in [3.63, 3.8) is 0 Å². The minimum Gasteiger partial charge on any atom is -0.462 e. The van der Waals surface area contributed by atoms with Gasteiger partial charge < -0.3 is 63.8 Å². The summed E-state index contributed by atoms with van der Waals surface area (Å²) in [7, 11) is 6.66. The largest absolute Gasteiger partial charge is 0.462 e. The van der Waals surface area contributed by atoms with Crippen LogP contribution < -0.4 is 5.73 Å². The quantitative estimate of drug-likeness (QED) is 0.129. The number of nitrogens with zero attached hydrogens (tertiary/aromatic N) is 4. The Morgan fingerprint density at radius 3 is 2.41 bits per heavy atom. The van der Waals surface area contributed by atoms with Gasteiger partial charge in [0, 0.05) is 49.8 Å². The van der Waals surface area contributed by atoms with E-state index < -0.39 is 103 Å². The lowest BCUT2D eigenvalue weighted by atomic mass is 9.79. The number of nitrogen functional groups attached to an aromatic ring is 1. The number of hydrogen-bond donors (Lipinski definition) is 4. The number of likely N-dealkylation sites (N-methyl/N-ethyl adjacent to an activating group) is 1. The highest BCUT2D eigenvalue weighted by atomic mass is 16.8. The highest BCUT2D eigenvalue weighted by molar-refractivity contribution is 5.91. The Labute approximate surface area is 375 Å². The lowest BCUT2D eigenvalue weighted by Gasteiger charge is -2.42. The summed E-state index contributed by atoms with van der Waals surface area (Å²) in [5.41, 5.74) is 8.82. The third-order valence-corrected chi connectivity index (χ3v) is 13.1. The standard InChI is InChI=1S/C46H69N5O13/c1-10-35-30(23-59-45-43(58-9)42(57-8)38(55)27(5)60-45)18-24(2)14-15-33(52)25(3)19-29(16-17-51-22-32(48-49-51)28-12-11-13-31(47)20-28)40(26(4)34(53)21-36(54)61-35)62-44-39(56)37(50(6)7)41-46(63-41)64-44/h11-15,18,20,22,25-27,29-30,34-35,37-46,53,55-56H,10,16-17,19,21,23,47H2,1-9H3/b15-14+,24-18+/t25-,26+,27?,29+,30-,34-,35-,37?,38-,39?,40-,41+,42+,43?,44-,45-,46+/m1/s1. The predicted octanol–water partition coefficient (Wildman–Crippen LogP) is 2.88. The number of aliphatic hydroxyl groups excluding tert-OH is 3. The van der Waals surface area contributed by atoms with Gasteiger partial charge >= 0.3 is 5.97 Å². The molecule has 1 aromatic carbocycles. The van der Waals surface area contributed by atoms with Crippen molar-refractivity contribution in [1.29, 1.82) is 0 Å². The number of fused-ring (bicyclic) bond motifs is 1. The third-order valence-electron chi connectivity index (χ3n) is 13.1. The molecule has 18 nitrogen and oxygen atoms in total. The van der Waals surface area contributed by atoms with E-state index in [9.17, 15) is 24.9 Å². The number of cyclic esters (lactones) is 1. The molecule has 356 valence electrons. The number of carbonyl (C=O) groups is 2. The molecule has 5 N–H and O–H groups in total. The number of aryl methyl sites for hydroxylation is 1. The summed E-state index contributed by atoms with van der Waals surface area (Å²) in [6.07, 6.45) is -2.11. The minimum atomic E-state index is -1.27. The molecule has 4 unspecified atom stereocenters. The van der Waals surface area contributed by atoms with Gasteiger partial charge in [0.2, 0.25) is 0 Å². The number of anilines is 1. The molecule has 2 aromatic rings. The van der Waals surface area contributed by atoms with Crippen LogP contribution in [0.5, 0.6) is 0 Å². The normalized spacial score (nSPS) is 39.1. The van der Waals surface area contributed by atoms with Crippen molar-refractivity contribution in [2.45, 2.75) is 147 Å². The number of carbonyl (C=O) groups excluding carboxylic acids is 2. The SMILES string of the molecule is CC[C@H]1OC(=O)C[C@@H](O)[C@H](C)[C@@H](O[C@@H]2O[C@@H]3O[C@H]3C(N(C)C)C2O)[C@@H](CCn2cc(-c3cccc(N)c3)nn2)C[C@@H](C)C(=O)/C=C/C(C)=C/[C@@H]1CO[C@@H]1OC(C)[C@@H](O)[C@H](OC)C1OC. The minimum absolute atomic E-state index is 0.0253. The molecule has 3 fully saturated rings. The number of aliphatic hydroxyl groups is 3. The van der Waals surface area contributed by atoms with Crippen LogP contribution in [0.15, 0.2) is 54.3 Å². The first-order valence-electron chi connectivity index (χ1n) is 22.4. The van der Waals surface area contributed by atoms with Gasteiger partial charge in [-0.3, -0.25) is 14.3 Å². The van der Waals surface area contributed by atoms with E-state index in [0.717, 1.165) is 11.1 Å². The number of allylic oxidation sites excluding steroid dienone is 3. The summed E-state index contributed by atoms with van der Waals surface area (Å²) in [5.74, 6) is -2.93. The van der Waals surface area contributed by atoms with E-state index >= 15 is 0 Å². The van der Waals surface area contributed by atoms with Gasteiger partial charge in [0.15, 0.2) is 24.7 Å². The van der Waals surface area contributed by atoms with Crippen molar-refractivity contribution in [2.75, 3.05) is 40.7 Å². The number of ether oxygens (including phenoxy) is 8. The first-order valence-corrected chi connectivity index (χ1v) is 22.4. The number of aromatic nitrogens is 3. The molecule has 0 spiro atoms. The second-order valence-electron chi connectivity index (χ2n) is 18.0. The first-order chi connectivity index (χ1) is 30.5. The topological polar surface area (TPSA) is 232 Å². The molecule has 6 rings (SSSR count). The number of nitrogens with two attached hydrogens (primary N) is 1. The molecule has 17 atom stereocenters. The second kappa shape index (κ2) is 22.2. The fourth-order valence-corrected chi connectivity index (χ4v) is 9.23. The molecule has 0 bridgehead atoms. The Kier molecular flexibility index (Phi) is 17.3. The van der Waals surface area contributed by atoms with Gasteiger partial charge in [0.05, 0.1) is 43.6 Å². The fraction of sp³-hybridized carbons (Fsp3) is 0.696. The van der Waals surface area contributed by atoms with Crippen LogP contribution in [0.3, 0.4) is 0 Å². The van der Waals surface area contributed by atoms with Gasteiger partial charge in [-0.15, -0.1) is 5.10 Å². The highest BCUT2D eigenvalue weighted by Crippen LogP contribution is 2.41. The Morgan fingerprint density at radius 1 is 0.969 bits per heavy atom. The van der Waals surface area contributed by atoms with Crippen molar-refractivity contribution in [3.05, 3.63) is 54.3 Å². The van der Waals surface area contributed by atoms with Gasteiger partial charge in [-0.25, -0.2) is 0 Å². The summed E-state index contributed by atoms with van der Waals surface area (Å²) in [6.45, 7) is 9.49. The average Bonchev–Trinajstić information content (AvgIpc) is 3.86. The summed E-state index contributed by atoms with van der Waals surface area (Å²) in [6, 6.07) is 6.94. The van der Waals surface area contributed by atoms with E-state index in [2.05, 4.69) is 10.3 Å². The molecule has 0 saturated carbocycles. The van der Waals surface area contributed by atoms with E-state index in [1.54, 1.807) is 36.7 Å². The monoisotopic (exact) mass is 899 g/mol. The Morgan fingerprint density at radius 2 is 1.72 bits per heavy atom. The lowest BCUT2D eigenvalue weighted by Crippen LogP contribution is -2.59. The van der Waals surface area contributed by atoms with Crippen LogP contribution in [0, 0.1) is 23.7 Å². The van der Waals surface area contributed by atoms with Crippen LogP contribution >= 0.6 is 0 Å². The maximum Gasteiger partial charge on any atom is 0.308 e. The molecule has 1 aromatic heterocycles. The van der Waals surface area contributed by atoms with E-state index in [4.69, 9.17) is 43.6 Å². The van der Waals surface area contributed by atoms with Crippen LogP contribution in [-0.2, 0) is 54.0 Å². The molecule has 0 radical (unpaired) electrons. The van der Waals surface area contributed by atoms with Gasteiger partial charge in [-0.2, -0.15) is 0 Å². The highest BCUT2D eigenvalue weighted by Gasteiger charge is 2.58. The zero-order valence-corrected chi connectivity index (χ0v) is 38.5. The van der Waals surface area contributed by atoms with Crippen molar-refractivity contribution in [1.82, 2.24) is 19.9 Å². The maximum absolute atomic E-state index is 14.0. The predicted molar refractivity (Wildman–Crippen MR) is 233 cm³/mol. The molecule has 3 saturated heterocycles. The number of hydrogen-bond acceptors (Lipinski definition) is 17. The summed E-state index contributed by atoms with van der Waals surface area (Å²) < 4.78 is 50.0. The van der Waals surface area contributed by atoms with Crippen LogP contribution in [0.25, 0.3) is 11.3 Å².